The SMILES string of the molecule is Cc1ccc(C(=O)NC(C)(CO)C2CC2)c(O)c1. The topological polar surface area (TPSA) is 69.6 Å². The highest BCUT2D eigenvalue weighted by Gasteiger charge is 2.42. The van der Waals surface area contributed by atoms with Crippen molar-refractivity contribution < 1.29 is 15.0 Å². The summed E-state index contributed by atoms with van der Waals surface area (Å²) in [5, 5.41) is 22.0. The number of aliphatic hydroxyl groups excluding tert-OH is 1. The Balaban J connectivity index is 2.16. The Morgan fingerprint density at radius 3 is 2.67 bits per heavy atom. The van der Waals surface area contributed by atoms with E-state index in [9.17, 15) is 15.0 Å². The second kappa shape index (κ2) is 4.61. The van der Waals surface area contributed by atoms with Crippen molar-refractivity contribution in [1.82, 2.24) is 5.32 Å². The molecule has 98 valence electrons. The van der Waals surface area contributed by atoms with Crippen molar-refractivity contribution in [3.05, 3.63) is 29.3 Å². The Hall–Kier alpha value is -1.55. The van der Waals surface area contributed by atoms with Gasteiger partial charge in [-0.05, 0) is 50.3 Å². The van der Waals surface area contributed by atoms with Gasteiger partial charge in [-0.25, -0.2) is 0 Å². The number of carbonyl (C=O) groups is 1. The fraction of sp³-hybridized carbons (Fsp3) is 0.500. The van der Waals surface area contributed by atoms with E-state index < -0.39 is 5.54 Å². The first kappa shape index (κ1) is 12.9. The number of hydrogen-bond donors (Lipinski definition) is 3. The molecule has 1 aromatic carbocycles. The number of hydrogen-bond acceptors (Lipinski definition) is 3. The average molecular weight is 249 g/mol. The first-order valence-corrected chi connectivity index (χ1v) is 6.19. The van der Waals surface area contributed by atoms with Crippen LogP contribution in [0, 0.1) is 12.8 Å². The van der Waals surface area contributed by atoms with Gasteiger partial charge in [-0.2, -0.15) is 0 Å². The Kier molecular flexibility index (Phi) is 3.30. The number of rotatable bonds is 4. The monoisotopic (exact) mass is 249 g/mol. The highest BCUT2D eigenvalue weighted by atomic mass is 16.3. The molecule has 18 heavy (non-hydrogen) atoms. The van der Waals surface area contributed by atoms with Crippen LogP contribution in [0.2, 0.25) is 0 Å². The lowest BCUT2D eigenvalue weighted by molar-refractivity contribution is 0.0822. The summed E-state index contributed by atoms with van der Waals surface area (Å²) in [6.45, 7) is 3.60. The summed E-state index contributed by atoms with van der Waals surface area (Å²) in [6.07, 6.45) is 2.05. The van der Waals surface area contributed by atoms with Gasteiger partial charge in [-0.1, -0.05) is 6.07 Å². The van der Waals surface area contributed by atoms with Crippen LogP contribution in [-0.4, -0.2) is 28.3 Å². The van der Waals surface area contributed by atoms with Crippen molar-refractivity contribution in [2.45, 2.75) is 32.2 Å². The Labute approximate surface area is 107 Å². The lowest BCUT2D eigenvalue weighted by Gasteiger charge is -2.28. The molecule has 2 rings (SSSR count). The van der Waals surface area contributed by atoms with Gasteiger partial charge in [0.15, 0.2) is 0 Å². The fourth-order valence-electron chi connectivity index (χ4n) is 2.15. The third kappa shape index (κ3) is 2.48. The first-order valence-electron chi connectivity index (χ1n) is 6.19. The van der Waals surface area contributed by atoms with E-state index >= 15 is 0 Å². The number of phenolic OH excluding ortho intramolecular Hbond substituents is 1. The third-order valence-electron chi connectivity index (χ3n) is 3.60. The quantitative estimate of drug-likeness (QED) is 0.759. The van der Waals surface area contributed by atoms with E-state index in [1.807, 2.05) is 13.8 Å². The van der Waals surface area contributed by atoms with E-state index in [4.69, 9.17) is 0 Å². The summed E-state index contributed by atoms with van der Waals surface area (Å²) in [7, 11) is 0. The van der Waals surface area contributed by atoms with Crippen molar-refractivity contribution in [3.8, 4) is 5.75 Å². The Morgan fingerprint density at radius 1 is 1.50 bits per heavy atom. The molecule has 1 fully saturated rings. The number of nitrogens with one attached hydrogen (secondary N) is 1. The molecule has 0 bridgehead atoms. The molecular formula is C14H19NO3. The van der Waals surface area contributed by atoms with Gasteiger partial charge in [-0.3, -0.25) is 4.79 Å². The molecule has 0 spiro atoms. The maximum absolute atomic E-state index is 12.1. The van der Waals surface area contributed by atoms with Crippen LogP contribution in [0.3, 0.4) is 0 Å². The van der Waals surface area contributed by atoms with Crippen LogP contribution < -0.4 is 5.32 Å². The van der Waals surface area contributed by atoms with Crippen LogP contribution >= 0.6 is 0 Å². The summed E-state index contributed by atoms with van der Waals surface area (Å²) in [6, 6.07) is 4.94. The van der Waals surface area contributed by atoms with Crippen molar-refractivity contribution >= 4 is 5.91 Å². The molecule has 1 aliphatic rings. The lowest BCUT2D eigenvalue weighted by Crippen LogP contribution is -2.50. The van der Waals surface area contributed by atoms with E-state index in [0.29, 0.717) is 5.92 Å². The van der Waals surface area contributed by atoms with Crippen molar-refractivity contribution in [1.29, 1.82) is 0 Å². The van der Waals surface area contributed by atoms with Crippen molar-refractivity contribution in [2.75, 3.05) is 6.61 Å². The zero-order valence-electron chi connectivity index (χ0n) is 10.7. The maximum atomic E-state index is 12.1. The zero-order valence-corrected chi connectivity index (χ0v) is 10.7. The maximum Gasteiger partial charge on any atom is 0.255 e. The molecule has 0 saturated heterocycles. The Bertz CT molecular complexity index is 468. The fourth-order valence-corrected chi connectivity index (χ4v) is 2.15. The summed E-state index contributed by atoms with van der Waals surface area (Å²) >= 11 is 0. The summed E-state index contributed by atoms with van der Waals surface area (Å²) in [4.78, 5) is 12.1. The number of carbonyl (C=O) groups excluding carboxylic acids is 1. The van der Waals surface area contributed by atoms with Gasteiger partial charge < -0.3 is 15.5 Å². The molecule has 3 N–H and O–H groups in total. The predicted octanol–water partition coefficient (Wildman–Crippen LogP) is 1.59. The van der Waals surface area contributed by atoms with Gasteiger partial charge in [0.2, 0.25) is 0 Å². The molecule has 0 radical (unpaired) electrons. The molecule has 1 aromatic rings. The molecule has 4 heteroatoms. The van der Waals surface area contributed by atoms with Crippen LogP contribution in [0.5, 0.6) is 5.75 Å². The molecule has 1 aliphatic carbocycles. The van der Waals surface area contributed by atoms with Crippen LogP contribution in [0.1, 0.15) is 35.7 Å². The number of benzene rings is 1. The molecule has 1 atom stereocenters. The number of phenols is 1. The third-order valence-corrected chi connectivity index (χ3v) is 3.60. The minimum atomic E-state index is -0.589. The van der Waals surface area contributed by atoms with Gasteiger partial charge in [0.1, 0.15) is 5.75 Å². The second-order valence-corrected chi connectivity index (χ2v) is 5.32. The molecule has 0 aliphatic heterocycles. The number of aromatic hydroxyl groups is 1. The van der Waals surface area contributed by atoms with Gasteiger partial charge in [0.05, 0.1) is 17.7 Å². The minimum absolute atomic E-state index is 0.0245. The minimum Gasteiger partial charge on any atom is -0.507 e. The van der Waals surface area contributed by atoms with Crippen molar-refractivity contribution in [2.24, 2.45) is 5.92 Å². The molecule has 1 amide bonds. The van der Waals surface area contributed by atoms with Crippen LogP contribution in [0.4, 0.5) is 0 Å². The smallest absolute Gasteiger partial charge is 0.255 e. The van der Waals surface area contributed by atoms with Crippen LogP contribution in [-0.2, 0) is 0 Å². The van der Waals surface area contributed by atoms with Gasteiger partial charge in [0, 0.05) is 0 Å². The van der Waals surface area contributed by atoms with E-state index in [2.05, 4.69) is 5.32 Å². The second-order valence-electron chi connectivity index (χ2n) is 5.32. The molecule has 0 aromatic heterocycles. The van der Waals surface area contributed by atoms with Crippen LogP contribution in [0.25, 0.3) is 0 Å². The van der Waals surface area contributed by atoms with E-state index in [0.717, 1.165) is 18.4 Å². The molecular weight excluding hydrogens is 230 g/mol. The van der Waals surface area contributed by atoms with E-state index in [1.165, 1.54) is 0 Å². The van der Waals surface area contributed by atoms with Crippen molar-refractivity contribution in [3.63, 3.8) is 0 Å². The molecule has 1 saturated carbocycles. The van der Waals surface area contributed by atoms with E-state index in [-0.39, 0.29) is 23.8 Å². The van der Waals surface area contributed by atoms with E-state index in [1.54, 1.807) is 18.2 Å². The zero-order chi connectivity index (χ0) is 13.3. The summed E-state index contributed by atoms with van der Waals surface area (Å²) in [5.41, 5.74) is 0.561. The van der Waals surface area contributed by atoms with Gasteiger partial charge in [0.25, 0.3) is 5.91 Å². The average Bonchev–Trinajstić information content (AvgIpc) is 3.12. The number of amides is 1. The first-order chi connectivity index (χ1) is 8.46. The van der Waals surface area contributed by atoms with Crippen LogP contribution in [0.15, 0.2) is 18.2 Å². The highest BCUT2D eigenvalue weighted by Crippen LogP contribution is 2.39. The summed E-state index contributed by atoms with van der Waals surface area (Å²) < 4.78 is 0. The number of aryl methyl sites for hydroxylation is 1. The highest BCUT2D eigenvalue weighted by molar-refractivity contribution is 5.97. The molecule has 1 unspecified atom stereocenters. The molecule has 4 nitrogen and oxygen atoms in total. The normalized spacial score (nSPS) is 18.2. The molecule has 0 heterocycles. The lowest BCUT2D eigenvalue weighted by atomic mass is 9.96. The predicted molar refractivity (Wildman–Crippen MR) is 68.5 cm³/mol. The van der Waals surface area contributed by atoms with Gasteiger partial charge in [-0.15, -0.1) is 0 Å². The number of aliphatic hydroxyl groups is 1. The standard InChI is InChI=1S/C14H19NO3/c1-9-3-6-11(12(17)7-9)13(18)15-14(2,8-16)10-4-5-10/h3,6-7,10,16-17H,4-5,8H2,1-2H3,(H,15,18). The largest absolute Gasteiger partial charge is 0.507 e. The van der Waals surface area contributed by atoms with Gasteiger partial charge >= 0.3 is 0 Å². The Morgan fingerprint density at radius 2 is 2.17 bits per heavy atom. The summed E-state index contributed by atoms with van der Waals surface area (Å²) in [5.74, 6) is -0.0291.